The van der Waals surface area contributed by atoms with Crippen molar-refractivity contribution in [2.75, 3.05) is 13.2 Å². The molecule has 1 unspecified atom stereocenters. The summed E-state index contributed by atoms with van der Waals surface area (Å²) >= 11 is 0. The van der Waals surface area contributed by atoms with Crippen LogP contribution in [0.5, 0.6) is 5.75 Å². The van der Waals surface area contributed by atoms with Gasteiger partial charge in [-0.2, -0.15) is 0 Å². The molecular weight excluding hydrogens is 482 g/mol. The molecule has 7 heteroatoms. The number of carbonyl (C=O) groups excluding carboxylic acids is 1. The van der Waals surface area contributed by atoms with Crippen molar-refractivity contribution in [3.63, 3.8) is 0 Å². The van der Waals surface area contributed by atoms with Gasteiger partial charge in [-0.3, -0.25) is 4.79 Å². The van der Waals surface area contributed by atoms with Crippen LogP contribution in [0.25, 0.3) is 5.57 Å². The maximum Gasteiger partial charge on any atom is 0.313 e. The molecule has 0 saturated carbocycles. The maximum absolute atomic E-state index is 12.5. The molecule has 0 N–H and O–H groups in total. The molecule has 2 saturated heterocycles. The minimum Gasteiger partial charge on any atom is -0.465 e. The van der Waals surface area contributed by atoms with E-state index in [1.54, 1.807) is 12.5 Å². The number of benzene rings is 2. The quantitative estimate of drug-likeness (QED) is 0.215. The third-order valence-electron chi connectivity index (χ3n) is 7.01. The highest BCUT2D eigenvalue weighted by molar-refractivity contribution is 5.94. The van der Waals surface area contributed by atoms with Crippen LogP contribution in [-0.4, -0.2) is 37.5 Å². The molecule has 0 bridgehead atoms. The van der Waals surface area contributed by atoms with Crippen molar-refractivity contribution in [1.29, 1.82) is 0 Å². The van der Waals surface area contributed by atoms with E-state index in [-0.39, 0.29) is 11.9 Å². The topological polar surface area (TPSA) is 75.6 Å². The lowest BCUT2D eigenvalue weighted by Crippen LogP contribution is -2.21. The second kappa shape index (κ2) is 10.1. The predicted molar refractivity (Wildman–Crippen MR) is 142 cm³/mol. The van der Waals surface area contributed by atoms with Gasteiger partial charge in [-0.15, -0.1) is 0 Å². The van der Waals surface area contributed by atoms with E-state index >= 15 is 0 Å². The van der Waals surface area contributed by atoms with Crippen LogP contribution < -0.4 is 4.74 Å². The van der Waals surface area contributed by atoms with Crippen LogP contribution in [0, 0.1) is 5.92 Å². The van der Waals surface area contributed by atoms with Crippen LogP contribution >= 0.6 is 0 Å². The Morgan fingerprint density at radius 2 is 1.95 bits per heavy atom. The number of nitrogens with zero attached hydrogens (tertiary/aromatic N) is 1. The lowest BCUT2D eigenvalue weighted by Gasteiger charge is -2.28. The summed E-state index contributed by atoms with van der Waals surface area (Å²) in [5, 5.41) is 4.03. The van der Waals surface area contributed by atoms with Crippen molar-refractivity contribution in [2.24, 2.45) is 11.1 Å². The van der Waals surface area contributed by atoms with E-state index in [1.807, 2.05) is 56.3 Å². The minimum absolute atomic E-state index is 0.130. The molecule has 2 aliphatic heterocycles. The summed E-state index contributed by atoms with van der Waals surface area (Å²) in [5.41, 5.74) is 7.63. The maximum atomic E-state index is 12.5. The first-order chi connectivity index (χ1) is 18.4. The monoisotopic (exact) mass is 511 g/mol. The average Bonchev–Trinajstić information content (AvgIpc) is 3.47. The van der Waals surface area contributed by atoms with Gasteiger partial charge >= 0.3 is 5.97 Å². The lowest BCUT2D eigenvalue weighted by molar-refractivity contribution is -0.190. The zero-order valence-corrected chi connectivity index (χ0v) is 21.4. The predicted octanol–water partition coefficient (Wildman–Crippen LogP) is 5.70. The van der Waals surface area contributed by atoms with Gasteiger partial charge in [0.15, 0.2) is 5.79 Å². The fourth-order valence-corrected chi connectivity index (χ4v) is 5.22. The summed E-state index contributed by atoms with van der Waals surface area (Å²) < 4.78 is 22.5. The Bertz CT molecular complexity index is 1400. The van der Waals surface area contributed by atoms with Crippen LogP contribution in [0.1, 0.15) is 37.8 Å². The Kier molecular flexibility index (Phi) is 6.47. The fourth-order valence-electron chi connectivity index (χ4n) is 5.22. The van der Waals surface area contributed by atoms with Crippen molar-refractivity contribution in [3.8, 4) is 5.75 Å². The van der Waals surface area contributed by atoms with E-state index in [9.17, 15) is 4.79 Å². The van der Waals surface area contributed by atoms with Gasteiger partial charge in [0.1, 0.15) is 19.0 Å². The molecule has 2 aromatic rings. The van der Waals surface area contributed by atoms with Gasteiger partial charge in [-0.1, -0.05) is 65.3 Å². The highest BCUT2D eigenvalue weighted by Gasteiger charge is 2.39. The standard InChI is InChI=1S/C31H29NO6/c1-31(2)36-19-28(37-31)38-32-16-20-7-6-10-24(14-20)34-17-21-11-12-25-23(13-21)15-26-27(18-35-30(26)33)29(25)22-8-4-3-5-9-22/h3-12,14,16-17,26,28H,13,15,18-19H2,1-2H3/b21-17+,32-16?/t26?,28-/m0/s1. The zero-order chi connectivity index (χ0) is 26.1. The molecule has 38 heavy (non-hydrogen) atoms. The van der Waals surface area contributed by atoms with Crippen molar-refractivity contribution >= 4 is 17.8 Å². The summed E-state index contributed by atoms with van der Waals surface area (Å²) in [5.74, 6) is -0.310. The Morgan fingerprint density at radius 3 is 2.76 bits per heavy atom. The van der Waals surface area contributed by atoms with Gasteiger partial charge in [0, 0.05) is 0 Å². The van der Waals surface area contributed by atoms with Gasteiger partial charge in [0.2, 0.25) is 0 Å². The van der Waals surface area contributed by atoms with E-state index < -0.39 is 12.1 Å². The zero-order valence-electron chi connectivity index (χ0n) is 21.4. The number of esters is 1. The first-order valence-corrected chi connectivity index (χ1v) is 12.8. The Hall–Kier alpha value is -3.94. The highest BCUT2D eigenvalue weighted by atomic mass is 16.9. The molecule has 0 aromatic heterocycles. The second-order valence-electron chi connectivity index (χ2n) is 10.1. The number of allylic oxidation sites excluding steroid dienone is 6. The number of cyclic esters (lactones) is 1. The Morgan fingerprint density at radius 1 is 1.08 bits per heavy atom. The fraction of sp³-hybridized carbons (Fsp3) is 0.290. The summed E-state index contributed by atoms with van der Waals surface area (Å²) in [7, 11) is 0. The van der Waals surface area contributed by atoms with Gasteiger partial charge in [-0.25, -0.2) is 0 Å². The Balaban J connectivity index is 1.15. The molecule has 2 aliphatic carbocycles. The molecule has 2 aromatic carbocycles. The van der Waals surface area contributed by atoms with E-state index in [2.05, 4.69) is 29.4 Å². The largest absolute Gasteiger partial charge is 0.465 e. The molecule has 2 heterocycles. The summed E-state index contributed by atoms with van der Waals surface area (Å²) in [4.78, 5) is 17.9. The van der Waals surface area contributed by atoms with E-state index in [0.717, 1.165) is 27.8 Å². The summed E-state index contributed by atoms with van der Waals surface area (Å²) in [6.07, 6.45) is 8.48. The van der Waals surface area contributed by atoms with Crippen LogP contribution in [0.4, 0.5) is 0 Å². The normalized spacial score (nSPS) is 25.1. The van der Waals surface area contributed by atoms with E-state index in [4.69, 9.17) is 23.8 Å². The molecule has 0 amide bonds. The third-order valence-corrected chi connectivity index (χ3v) is 7.01. The number of carbonyl (C=O) groups is 1. The summed E-state index contributed by atoms with van der Waals surface area (Å²) in [6.45, 7) is 4.37. The molecule has 7 nitrogen and oxygen atoms in total. The number of fused-ring (bicyclic) bond motifs is 1. The van der Waals surface area contributed by atoms with Gasteiger partial charge in [-0.05, 0) is 72.2 Å². The van der Waals surface area contributed by atoms with Crippen molar-refractivity contribution in [2.45, 2.75) is 38.8 Å². The number of oxime groups is 1. The van der Waals surface area contributed by atoms with Gasteiger partial charge in [0.05, 0.1) is 18.4 Å². The third kappa shape index (κ3) is 5.08. The molecule has 0 spiro atoms. The number of hydrogen-bond acceptors (Lipinski definition) is 7. The van der Waals surface area contributed by atoms with Crippen molar-refractivity contribution in [3.05, 3.63) is 106 Å². The molecule has 4 aliphatic rings. The van der Waals surface area contributed by atoms with Crippen LogP contribution in [0.15, 0.2) is 100 Å². The summed E-state index contributed by atoms with van der Waals surface area (Å²) in [6, 6.07) is 17.8. The van der Waals surface area contributed by atoms with Crippen LogP contribution in [-0.2, 0) is 23.8 Å². The van der Waals surface area contributed by atoms with Crippen LogP contribution in [0.3, 0.4) is 0 Å². The smallest absolute Gasteiger partial charge is 0.313 e. The SMILES string of the molecule is CC1(C)OC[C@H](ON=Cc2cccc(O/C=C3\C=CC4=C(C3)CC3C(=O)OCC3=C4c3ccccc3)c2)O1. The van der Waals surface area contributed by atoms with Crippen LogP contribution in [0.2, 0.25) is 0 Å². The first kappa shape index (κ1) is 24.4. The van der Waals surface area contributed by atoms with Crippen molar-refractivity contribution in [1.82, 2.24) is 0 Å². The highest BCUT2D eigenvalue weighted by Crippen LogP contribution is 2.47. The van der Waals surface area contributed by atoms with Gasteiger partial charge < -0.3 is 23.8 Å². The Labute approximate surface area is 221 Å². The number of ether oxygens (including phenoxy) is 4. The first-order valence-electron chi connectivity index (χ1n) is 12.8. The number of hydrogen-bond donors (Lipinski definition) is 0. The molecule has 194 valence electrons. The average molecular weight is 512 g/mol. The number of rotatable bonds is 6. The minimum atomic E-state index is -0.661. The van der Waals surface area contributed by atoms with Gasteiger partial charge in [0.25, 0.3) is 6.29 Å². The van der Waals surface area contributed by atoms with E-state index in [0.29, 0.717) is 31.8 Å². The molecule has 0 radical (unpaired) electrons. The molecule has 6 rings (SSSR count). The molecule has 2 fully saturated rings. The molecular formula is C31H29NO6. The molecule has 2 atom stereocenters. The lowest BCUT2D eigenvalue weighted by atomic mass is 9.74. The second-order valence-corrected chi connectivity index (χ2v) is 10.1. The van der Waals surface area contributed by atoms with E-state index in [1.165, 1.54) is 11.1 Å². The van der Waals surface area contributed by atoms with Crippen molar-refractivity contribution < 1.29 is 28.6 Å².